The summed E-state index contributed by atoms with van der Waals surface area (Å²) in [5, 5.41) is 2.92. The van der Waals surface area contributed by atoms with Crippen molar-refractivity contribution in [2.24, 2.45) is 5.73 Å². The first kappa shape index (κ1) is 13.2. The Morgan fingerprint density at radius 3 is 2.71 bits per heavy atom. The Morgan fingerprint density at radius 2 is 2.18 bits per heavy atom. The molecule has 0 aliphatic heterocycles. The molecule has 0 fully saturated rings. The molecule has 0 bridgehead atoms. The quantitative estimate of drug-likeness (QED) is 0.727. The Labute approximate surface area is 99.1 Å². The lowest BCUT2D eigenvalue weighted by atomic mass is 10.1. The zero-order valence-corrected chi connectivity index (χ0v) is 10.1. The van der Waals surface area contributed by atoms with E-state index in [0.717, 1.165) is 0 Å². The topological polar surface area (TPSA) is 94.6 Å². The first-order valence-corrected chi connectivity index (χ1v) is 5.07. The van der Waals surface area contributed by atoms with Gasteiger partial charge in [-0.25, -0.2) is 4.79 Å². The highest BCUT2D eigenvalue weighted by Gasteiger charge is 2.24. The summed E-state index contributed by atoms with van der Waals surface area (Å²) in [7, 11) is 1.30. The molecule has 6 heteroatoms. The lowest BCUT2D eigenvalue weighted by molar-refractivity contribution is -0.123. The molecule has 0 saturated carbocycles. The molecule has 0 aliphatic rings. The highest BCUT2D eigenvalue weighted by molar-refractivity contribution is 5.89. The van der Waals surface area contributed by atoms with E-state index >= 15 is 0 Å². The fourth-order valence-electron chi connectivity index (χ4n) is 1.09. The maximum atomic E-state index is 11.2. The minimum atomic E-state index is -0.835. The average molecular weight is 240 g/mol. The first-order valence-electron chi connectivity index (χ1n) is 5.07. The second-order valence-corrected chi connectivity index (χ2v) is 4.14. The van der Waals surface area contributed by atoms with Crippen molar-refractivity contribution < 1.29 is 18.7 Å². The summed E-state index contributed by atoms with van der Waals surface area (Å²) in [6, 6.07) is 1.55. The molecule has 0 atom stereocenters. The SMILES string of the molecule is COC(=O)c1coc(CNC(C)(C)C(N)=O)c1. The number of esters is 1. The number of hydrogen-bond donors (Lipinski definition) is 2. The molecule has 0 spiro atoms. The van der Waals surface area contributed by atoms with Gasteiger partial charge < -0.3 is 14.9 Å². The summed E-state index contributed by atoms with van der Waals surface area (Å²) in [5.41, 5.74) is 4.70. The van der Waals surface area contributed by atoms with Gasteiger partial charge in [0.15, 0.2) is 0 Å². The molecule has 1 aromatic heterocycles. The predicted octanol–water partition coefficient (Wildman–Crippen LogP) is 0.420. The molecule has 94 valence electrons. The molecule has 1 aromatic rings. The van der Waals surface area contributed by atoms with Crippen LogP contribution in [0.3, 0.4) is 0 Å². The van der Waals surface area contributed by atoms with Crippen LogP contribution in [0, 0.1) is 0 Å². The number of furan rings is 1. The number of carbonyl (C=O) groups excluding carboxylic acids is 2. The molecular formula is C11H16N2O4. The van der Waals surface area contributed by atoms with Crippen molar-refractivity contribution in [3.05, 3.63) is 23.7 Å². The number of primary amides is 1. The largest absolute Gasteiger partial charge is 0.467 e. The van der Waals surface area contributed by atoms with E-state index in [1.54, 1.807) is 19.9 Å². The number of carbonyl (C=O) groups is 2. The van der Waals surface area contributed by atoms with E-state index in [2.05, 4.69) is 10.1 Å². The summed E-state index contributed by atoms with van der Waals surface area (Å²) < 4.78 is 9.69. The lowest BCUT2D eigenvalue weighted by Gasteiger charge is -2.21. The van der Waals surface area contributed by atoms with Gasteiger partial charge in [-0.1, -0.05) is 0 Å². The van der Waals surface area contributed by atoms with Gasteiger partial charge in [0.05, 0.1) is 24.8 Å². The molecular weight excluding hydrogens is 224 g/mol. The van der Waals surface area contributed by atoms with Crippen molar-refractivity contribution in [1.29, 1.82) is 0 Å². The van der Waals surface area contributed by atoms with Gasteiger partial charge in [0, 0.05) is 0 Å². The standard InChI is InChI=1S/C11H16N2O4/c1-11(2,10(12)15)13-5-8-4-7(6-17-8)9(14)16-3/h4,6,13H,5H2,1-3H3,(H2,12,15). The van der Waals surface area contributed by atoms with E-state index < -0.39 is 17.4 Å². The van der Waals surface area contributed by atoms with Crippen LogP contribution in [-0.4, -0.2) is 24.5 Å². The molecule has 0 aliphatic carbocycles. The normalized spacial score (nSPS) is 11.2. The van der Waals surface area contributed by atoms with Gasteiger partial charge in [-0.2, -0.15) is 0 Å². The molecule has 0 saturated heterocycles. The van der Waals surface area contributed by atoms with Crippen molar-refractivity contribution >= 4 is 11.9 Å². The van der Waals surface area contributed by atoms with Crippen molar-refractivity contribution in [2.45, 2.75) is 25.9 Å². The van der Waals surface area contributed by atoms with Gasteiger partial charge in [0.1, 0.15) is 12.0 Å². The van der Waals surface area contributed by atoms with Crippen LogP contribution in [0.2, 0.25) is 0 Å². The van der Waals surface area contributed by atoms with Crippen LogP contribution in [0.1, 0.15) is 30.0 Å². The summed E-state index contributed by atoms with van der Waals surface area (Å²) in [5.74, 6) is -0.397. The molecule has 6 nitrogen and oxygen atoms in total. The summed E-state index contributed by atoms with van der Waals surface area (Å²) >= 11 is 0. The maximum absolute atomic E-state index is 11.2. The highest BCUT2D eigenvalue weighted by Crippen LogP contribution is 2.10. The second kappa shape index (κ2) is 5.01. The van der Waals surface area contributed by atoms with Crippen LogP contribution in [-0.2, 0) is 16.1 Å². The number of amides is 1. The Bertz CT molecular complexity index is 423. The minimum absolute atomic E-state index is 0.299. The predicted molar refractivity (Wildman–Crippen MR) is 60.2 cm³/mol. The van der Waals surface area contributed by atoms with Crippen LogP contribution in [0.4, 0.5) is 0 Å². The zero-order valence-electron chi connectivity index (χ0n) is 10.1. The van der Waals surface area contributed by atoms with Crippen molar-refractivity contribution in [3.8, 4) is 0 Å². The van der Waals surface area contributed by atoms with Gasteiger partial charge in [-0.3, -0.25) is 10.1 Å². The Hall–Kier alpha value is -1.82. The zero-order chi connectivity index (χ0) is 13.1. The Morgan fingerprint density at radius 1 is 1.53 bits per heavy atom. The van der Waals surface area contributed by atoms with E-state index in [1.807, 2.05) is 0 Å². The molecule has 3 N–H and O–H groups in total. The molecule has 1 heterocycles. The second-order valence-electron chi connectivity index (χ2n) is 4.14. The van der Waals surface area contributed by atoms with Gasteiger partial charge in [0.2, 0.25) is 5.91 Å². The number of ether oxygens (including phenoxy) is 1. The summed E-state index contributed by atoms with van der Waals surface area (Å²) in [4.78, 5) is 22.2. The number of rotatable bonds is 5. The molecule has 1 amide bonds. The van der Waals surface area contributed by atoms with Gasteiger partial charge in [-0.15, -0.1) is 0 Å². The van der Waals surface area contributed by atoms with Crippen molar-refractivity contribution in [2.75, 3.05) is 7.11 Å². The third-order valence-corrected chi connectivity index (χ3v) is 2.40. The first-order chi connectivity index (χ1) is 7.86. The fourth-order valence-corrected chi connectivity index (χ4v) is 1.09. The van der Waals surface area contributed by atoms with Crippen LogP contribution in [0.5, 0.6) is 0 Å². The molecule has 0 aromatic carbocycles. The number of nitrogens with two attached hydrogens (primary N) is 1. The molecule has 0 unspecified atom stereocenters. The summed E-state index contributed by atoms with van der Waals surface area (Å²) in [6.45, 7) is 3.63. The minimum Gasteiger partial charge on any atom is -0.467 e. The van der Waals surface area contributed by atoms with Gasteiger partial charge in [0.25, 0.3) is 0 Å². The van der Waals surface area contributed by atoms with Crippen LogP contribution < -0.4 is 11.1 Å². The van der Waals surface area contributed by atoms with Crippen LogP contribution >= 0.6 is 0 Å². The fraction of sp³-hybridized carbons (Fsp3) is 0.455. The maximum Gasteiger partial charge on any atom is 0.341 e. The van der Waals surface area contributed by atoms with Gasteiger partial charge >= 0.3 is 5.97 Å². The van der Waals surface area contributed by atoms with Crippen molar-refractivity contribution in [3.63, 3.8) is 0 Å². The van der Waals surface area contributed by atoms with Crippen LogP contribution in [0.15, 0.2) is 16.7 Å². The molecule has 17 heavy (non-hydrogen) atoms. The van der Waals surface area contributed by atoms with E-state index in [1.165, 1.54) is 13.4 Å². The van der Waals surface area contributed by atoms with Crippen molar-refractivity contribution in [1.82, 2.24) is 5.32 Å². The molecule has 1 rings (SSSR count). The lowest BCUT2D eigenvalue weighted by Crippen LogP contribution is -2.50. The average Bonchev–Trinajstić information content (AvgIpc) is 2.74. The molecule has 0 radical (unpaired) electrons. The van der Waals surface area contributed by atoms with Crippen LogP contribution in [0.25, 0.3) is 0 Å². The third kappa shape index (κ3) is 3.32. The van der Waals surface area contributed by atoms with E-state index in [0.29, 0.717) is 17.9 Å². The smallest absolute Gasteiger partial charge is 0.341 e. The Balaban J connectivity index is 2.62. The number of nitrogens with one attached hydrogen (secondary N) is 1. The third-order valence-electron chi connectivity index (χ3n) is 2.40. The highest BCUT2D eigenvalue weighted by atomic mass is 16.5. The summed E-state index contributed by atoms with van der Waals surface area (Å²) in [6.07, 6.45) is 1.31. The van der Waals surface area contributed by atoms with Gasteiger partial charge in [-0.05, 0) is 19.9 Å². The van der Waals surface area contributed by atoms with E-state index in [9.17, 15) is 9.59 Å². The monoisotopic (exact) mass is 240 g/mol. The number of methoxy groups -OCH3 is 1. The van der Waals surface area contributed by atoms with E-state index in [-0.39, 0.29) is 0 Å². The Kier molecular flexibility index (Phi) is 3.90. The van der Waals surface area contributed by atoms with E-state index in [4.69, 9.17) is 10.2 Å². The number of hydrogen-bond acceptors (Lipinski definition) is 5.